The molecule has 4 nitrogen and oxygen atoms in total. The number of likely N-dealkylation sites (N-methyl/N-ethyl adjacent to an activating group) is 1. The highest BCUT2D eigenvalue weighted by molar-refractivity contribution is 6.30. The first-order valence-corrected chi connectivity index (χ1v) is 8.99. The van der Waals surface area contributed by atoms with Crippen LogP contribution in [-0.4, -0.2) is 44.4 Å². The van der Waals surface area contributed by atoms with Crippen molar-refractivity contribution in [3.05, 3.63) is 59.1 Å². The highest BCUT2D eigenvalue weighted by Gasteiger charge is 2.30. The molecule has 5 heteroatoms. The van der Waals surface area contributed by atoms with Gasteiger partial charge in [0, 0.05) is 18.1 Å². The number of benzene rings is 2. The van der Waals surface area contributed by atoms with E-state index in [1.807, 2.05) is 55.5 Å². The topological polar surface area (TPSA) is 30.9 Å². The lowest BCUT2D eigenvalue weighted by atomic mass is 10.0. The zero-order valence-corrected chi connectivity index (χ0v) is 15.4. The number of ether oxygens (including phenoxy) is 3. The lowest BCUT2D eigenvalue weighted by molar-refractivity contribution is -0.0764. The summed E-state index contributed by atoms with van der Waals surface area (Å²) in [5, 5.41) is 0.707. The van der Waals surface area contributed by atoms with E-state index >= 15 is 0 Å². The Hall–Kier alpha value is -1.75. The maximum absolute atomic E-state index is 6.39. The summed E-state index contributed by atoms with van der Waals surface area (Å²) in [5.74, 6) is 1.47. The van der Waals surface area contributed by atoms with Crippen molar-refractivity contribution in [3.63, 3.8) is 0 Å². The van der Waals surface area contributed by atoms with Crippen molar-refractivity contribution in [2.45, 2.75) is 19.1 Å². The summed E-state index contributed by atoms with van der Waals surface area (Å²) in [7, 11) is 2.10. The standard InChI is InChI=1S/C20H24ClNO3/c1-3-23-17-6-4-5-7-18(17)25-20(15-8-10-16(21)11-9-15)19-14-22(2)12-13-24-19/h4-11,19-20H,3,12-14H2,1-2H3. The van der Waals surface area contributed by atoms with E-state index in [0.29, 0.717) is 18.2 Å². The van der Waals surface area contributed by atoms with Crippen molar-refractivity contribution < 1.29 is 14.2 Å². The first kappa shape index (κ1) is 18.1. The van der Waals surface area contributed by atoms with Gasteiger partial charge in [-0.15, -0.1) is 0 Å². The number of morpholine rings is 1. The van der Waals surface area contributed by atoms with Crippen molar-refractivity contribution in [2.24, 2.45) is 0 Å². The van der Waals surface area contributed by atoms with Gasteiger partial charge in [0.1, 0.15) is 6.10 Å². The molecule has 2 unspecified atom stereocenters. The van der Waals surface area contributed by atoms with Crippen LogP contribution in [0.5, 0.6) is 11.5 Å². The zero-order chi connectivity index (χ0) is 17.6. The number of para-hydroxylation sites is 2. The Balaban J connectivity index is 1.89. The number of hydrogen-bond donors (Lipinski definition) is 0. The van der Waals surface area contributed by atoms with Crippen LogP contribution in [-0.2, 0) is 4.74 Å². The minimum atomic E-state index is -0.235. The maximum atomic E-state index is 6.39. The Morgan fingerprint density at radius 3 is 2.56 bits per heavy atom. The molecule has 0 aromatic heterocycles. The van der Waals surface area contributed by atoms with E-state index in [-0.39, 0.29) is 12.2 Å². The Labute approximate surface area is 154 Å². The molecule has 2 atom stereocenters. The minimum Gasteiger partial charge on any atom is -0.490 e. The Morgan fingerprint density at radius 1 is 1.16 bits per heavy atom. The average Bonchev–Trinajstić information content (AvgIpc) is 2.62. The Morgan fingerprint density at radius 2 is 1.88 bits per heavy atom. The smallest absolute Gasteiger partial charge is 0.162 e. The first-order valence-electron chi connectivity index (χ1n) is 8.61. The van der Waals surface area contributed by atoms with Crippen LogP contribution in [0, 0.1) is 0 Å². The van der Waals surface area contributed by atoms with Crippen molar-refractivity contribution in [3.8, 4) is 11.5 Å². The van der Waals surface area contributed by atoms with Gasteiger partial charge >= 0.3 is 0 Å². The van der Waals surface area contributed by atoms with Crippen molar-refractivity contribution in [1.29, 1.82) is 0 Å². The third-order valence-corrected chi connectivity index (χ3v) is 4.49. The second kappa shape index (κ2) is 8.56. The van der Waals surface area contributed by atoms with Gasteiger partial charge in [-0.3, -0.25) is 0 Å². The molecule has 0 N–H and O–H groups in total. The largest absolute Gasteiger partial charge is 0.490 e. The molecular weight excluding hydrogens is 338 g/mol. The quantitative estimate of drug-likeness (QED) is 0.772. The summed E-state index contributed by atoms with van der Waals surface area (Å²) < 4.78 is 18.1. The summed E-state index contributed by atoms with van der Waals surface area (Å²) >= 11 is 6.05. The van der Waals surface area contributed by atoms with Gasteiger partial charge in [0.2, 0.25) is 0 Å². The minimum absolute atomic E-state index is 0.0605. The third-order valence-electron chi connectivity index (χ3n) is 4.24. The van der Waals surface area contributed by atoms with Crippen LogP contribution in [0.3, 0.4) is 0 Å². The van der Waals surface area contributed by atoms with Crippen LogP contribution in [0.4, 0.5) is 0 Å². The molecule has 1 aliphatic heterocycles. The van der Waals surface area contributed by atoms with Gasteiger partial charge in [0.15, 0.2) is 17.6 Å². The molecule has 0 aliphatic carbocycles. The monoisotopic (exact) mass is 361 g/mol. The van der Waals surface area contributed by atoms with Crippen LogP contribution in [0.15, 0.2) is 48.5 Å². The predicted octanol–water partition coefficient (Wildman–Crippen LogP) is 4.19. The summed E-state index contributed by atoms with van der Waals surface area (Å²) in [5.41, 5.74) is 1.04. The van der Waals surface area contributed by atoms with E-state index in [1.54, 1.807) is 0 Å². The predicted molar refractivity (Wildman–Crippen MR) is 99.7 cm³/mol. The molecule has 0 saturated carbocycles. The third kappa shape index (κ3) is 4.66. The Bertz CT molecular complexity index is 677. The fourth-order valence-electron chi connectivity index (χ4n) is 2.96. The lowest BCUT2D eigenvalue weighted by Gasteiger charge is -2.35. The molecule has 2 aromatic carbocycles. The van der Waals surface area contributed by atoms with Crippen LogP contribution in [0.2, 0.25) is 5.02 Å². The number of hydrogen-bond acceptors (Lipinski definition) is 4. The molecule has 1 fully saturated rings. The summed E-state index contributed by atoms with van der Waals surface area (Å²) in [6.07, 6.45) is -0.295. The van der Waals surface area contributed by atoms with E-state index in [4.69, 9.17) is 25.8 Å². The number of rotatable bonds is 6. The van der Waals surface area contributed by atoms with Crippen molar-refractivity contribution >= 4 is 11.6 Å². The normalized spacial score (nSPS) is 19.4. The fourth-order valence-corrected chi connectivity index (χ4v) is 3.09. The Kier molecular flexibility index (Phi) is 6.19. The second-order valence-corrected chi connectivity index (χ2v) is 6.58. The van der Waals surface area contributed by atoms with Crippen LogP contribution < -0.4 is 9.47 Å². The molecule has 0 radical (unpaired) electrons. The molecule has 0 bridgehead atoms. The van der Waals surface area contributed by atoms with E-state index in [2.05, 4.69) is 11.9 Å². The average molecular weight is 362 g/mol. The molecular formula is C20H24ClNO3. The number of halogens is 1. The SMILES string of the molecule is CCOc1ccccc1OC(c1ccc(Cl)cc1)C1CN(C)CCO1. The molecule has 1 heterocycles. The molecule has 2 aromatic rings. The molecule has 25 heavy (non-hydrogen) atoms. The van der Waals surface area contributed by atoms with Gasteiger partial charge in [0.25, 0.3) is 0 Å². The molecule has 1 aliphatic rings. The summed E-state index contributed by atoms with van der Waals surface area (Å²) in [6, 6.07) is 15.5. The van der Waals surface area contributed by atoms with Crippen molar-refractivity contribution in [2.75, 3.05) is 33.4 Å². The van der Waals surface area contributed by atoms with Crippen molar-refractivity contribution in [1.82, 2.24) is 4.90 Å². The van der Waals surface area contributed by atoms with Gasteiger partial charge in [-0.05, 0) is 43.8 Å². The highest BCUT2D eigenvalue weighted by atomic mass is 35.5. The molecule has 3 rings (SSSR count). The van der Waals surface area contributed by atoms with E-state index < -0.39 is 0 Å². The van der Waals surface area contributed by atoms with Gasteiger partial charge in [0.05, 0.1) is 13.2 Å². The van der Waals surface area contributed by atoms with E-state index in [0.717, 1.165) is 30.2 Å². The van der Waals surface area contributed by atoms with Gasteiger partial charge in [-0.25, -0.2) is 0 Å². The lowest BCUT2D eigenvalue weighted by Crippen LogP contribution is -2.44. The molecule has 0 amide bonds. The van der Waals surface area contributed by atoms with Gasteiger partial charge in [-0.2, -0.15) is 0 Å². The maximum Gasteiger partial charge on any atom is 0.162 e. The van der Waals surface area contributed by atoms with E-state index in [1.165, 1.54) is 0 Å². The summed E-state index contributed by atoms with van der Waals surface area (Å²) in [6.45, 7) is 4.99. The fraction of sp³-hybridized carbons (Fsp3) is 0.400. The van der Waals surface area contributed by atoms with Gasteiger partial charge < -0.3 is 19.1 Å². The molecule has 1 saturated heterocycles. The highest BCUT2D eigenvalue weighted by Crippen LogP contribution is 2.34. The van der Waals surface area contributed by atoms with Crippen LogP contribution in [0.1, 0.15) is 18.6 Å². The summed E-state index contributed by atoms with van der Waals surface area (Å²) in [4.78, 5) is 2.26. The first-order chi connectivity index (χ1) is 12.2. The molecule has 134 valence electrons. The van der Waals surface area contributed by atoms with Crippen LogP contribution >= 0.6 is 11.6 Å². The van der Waals surface area contributed by atoms with Crippen LogP contribution in [0.25, 0.3) is 0 Å². The number of nitrogens with zero attached hydrogens (tertiary/aromatic N) is 1. The second-order valence-electron chi connectivity index (χ2n) is 6.14. The van der Waals surface area contributed by atoms with Gasteiger partial charge in [-0.1, -0.05) is 35.9 Å². The molecule has 0 spiro atoms. The zero-order valence-electron chi connectivity index (χ0n) is 14.7. The van der Waals surface area contributed by atoms with E-state index in [9.17, 15) is 0 Å².